The number of nitrogens with one attached hydrogen (secondary N) is 5. The molecule has 0 bridgehead atoms. The molecule has 8 heteroatoms. The first-order valence-electron chi connectivity index (χ1n) is 10.9. The number of ether oxygens (including phenoxy) is 2. The second-order valence-corrected chi connectivity index (χ2v) is 9.06. The summed E-state index contributed by atoms with van der Waals surface area (Å²) in [6.45, 7) is 5.54. The number of hydrogen-bond donors (Lipinski definition) is 5. The van der Waals surface area contributed by atoms with Crippen LogP contribution in [0.25, 0.3) is 0 Å². The van der Waals surface area contributed by atoms with E-state index in [9.17, 15) is 0 Å². The average molecular weight is 414 g/mol. The second kappa shape index (κ2) is 9.71. The lowest BCUT2D eigenvalue weighted by atomic mass is 9.75. The highest BCUT2D eigenvalue weighted by atomic mass is 35.5. The van der Waals surface area contributed by atoms with Crippen molar-refractivity contribution in [3.63, 3.8) is 0 Å². The first kappa shape index (κ1) is 21.0. The molecule has 8 unspecified atom stereocenters. The number of hydrogen-bond acceptors (Lipinski definition) is 7. The van der Waals surface area contributed by atoms with E-state index in [4.69, 9.17) is 21.1 Å². The fraction of sp³-hybridized carbons (Fsp3) is 0.900. The first-order chi connectivity index (χ1) is 13.7. The van der Waals surface area contributed by atoms with E-state index in [1.54, 1.807) is 0 Å². The zero-order valence-electron chi connectivity index (χ0n) is 17.0. The van der Waals surface area contributed by atoms with Crippen molar-refractivity contribution in [1.29, 1.82) is 0 Å². The Balaban J connectivity index is 1.50. The molecule has 5 N–H and O–H groups in total. The Hall–Kier alpha value is -0.250. The molecule has 7 nitrogen and oxygen atoms in total. The molecule has 1 saturated carbocycles. The predicted octanol–water partition coefficient (Wildman–Crippen LogP) is 0.466. The Bertz CT molecular complexity index is 551. The van der Waals surface area contributed by atoms with Crippen LogP contribution in [-0.4, -0.2) is 75.5 Å². The minimum absolute atomic E-state index is 0.0267. The normalized spacial score (nSPS) is 45.0. The molecule has 160 valence electrons. The maximum Gasteiger partial charge on any atom is 0.113 e. The molecular formula is C20H36ClN5O2. The van der Waals surface area contributed by atoms with Gasteiger partial charge in [0.05, 0.1) is 37.0 Å². The number of alkyl halides is 1. The highest BCUT2D eigenvalue weighted by Gasteiger charge is 2.48. The summed E-state index contributed by atoms with van der Waals surface area (Å²) in [5.41, 5.74) is 1.43. The lowest BCUT2D eigenvalue weighted by Gasteiger charge is -2.49. The lowest BCUT2D eigenvalue weighted by molar-refractivity contribution is -0.172. The van der Waals surface area contributed by atoms with Gasteiger partial charge in [0.15, 0.2) is 0 Å². The topological polar surface area (TPSA) is 78.6 Å². The fourth-order valence-electron chi connectivity index (χ4n) is 5.17. The van der Waals surface area contributed by atoms with Gasteiger partial charge in [-0.2, -0.15) is 0 Å². The standard InChI is InChI=1S/C20H36ClN5O2/c1-12-10-16(22-2)26-20(24-12)25-14-11-15-19(28-9-8-27-15)17(18(14)21)13-4-3-6-23-7-5-13/h5,12,14-20,22-26H,3-4,6-11H2,1-2H3. The SMILES string of the molecule is CNC1CC(C)NC(NC2CC3OCCOC3C(C3=CCNCCC3)C2Cl)N1. The molecule has 0 aromatic carbocycles. The van der Waals surface area contributed by atoms with Crippen LogP contribution in [0.3, 0.4) is 0 Å². The summed E-state index contributed by atoms with van der Waals surface area (Å²) in [5.74, 6) is 0.194. The highest BCUT2D eigenvalue weighted by Crippen LogP contribution is 2.40. The Morgan fingerprint density at radius 2 is 2.04 bits per heavy atom. The minimum Gasteiger partial charge on any atom is -0.373 e. The molecule has 4 aliphatic rings. The van der Waals surface area contributed by atoms with Gasteiger partial charge in [-0.25, -0.2) is 0 Å². The summed E-state index contributed by atoms with van der Waals surface area (Å²) >= 11 is 7.15. The van der Waals surface area contributed by atoms with E-state index < -0.39 is 0 Å². The maximum atomic E-state index is 7.15. The van der Waals surface area contributed by atoms with Crippen LogP contribution in [0.5, 0.6) is 0 Å². The van der Waals surface area contributed by atoms with Gasteiger partial charge in [0.2, 0.25) is 0 Å². The van der Waals surface area contributed by atoms with E-state index in [1.165, 1.54) is 5.57 Å². The summed E-state index contributed by atoms with van der Waals surface area (Å²) in [6.07, 6.45) is 6.97. The smallest absolute Gasteiger partial charge is 0.113 e. The molecule has 3 heterocycles. The van der Waals surface area contributed by atoms with Gasteiger partial charge in [0, 0.05) is 24.5 Å². The van der Waals surface area contributed by atoms with E-state index in [0.717, 1.165) is 38.8 Å². The van der Waals surface area contributed by atoms with Crippen molar-refractivity contribution in [2.45, 2.75) is 74.7 Å². The van der Waals surface area contributed by atoms with Crippen molar-refractivity contribution in [3.05, 3.63) is 11.6 Å². The zero-order chi connectivity index (χ0) is 19.5. The molecule has 1 aliphatic carbocycles. The lowest BCUT2D eigenvalue weighted by Crippen LogP contribution is -2.70. The van der Waals surface area contributed by atoms with Crippen LogP contribution in [0, 0.1) is 5.92 Å². The first-order valence-corrected chi connectivity index (χ1v) is 11.3. The molecule has 0 spiro atoms. The van der Waals surface area contributed by atoms with Crippen LogP contribution >= 0.6 is 11.6 Å². The van der Waals surface area contributed by atoms with E-state index in [0.29, 0.717) is 25.4 Å². The predicted molar refractivity (Wildman–Crippen MR) is 111 cm³/mol. The summed E-state index contributed by atoms with van der Waals surface area (Å²) in [7, 11) is 2.00. The number of rotatable bonds is 4. The van der Waals surface area contributed by atoms with Gasteiger partial charge >= 0.3 is 0 Å². The molecule has 0 amide bonds. The van der Waals surface area contributed by atoms with E-state index in [1.807, 2.05) is 7.05 Å². The van der Waals surface area contributed by atoms with E-state index >= 15 is 0 Å². The van der Waals surface area contributed by atoms with Crippen LogP contribution in [0.1, 0.15) is 32.6 Å². The summed E-state index contributed by atoms with van der Waals surface area (Å²) in [4.78, 5) is 0. The van der Waals surface area contributed by atoms with Gasteiger partial charge in [0.1, 0.15) is 6.29 Å². The van der Waals surface area contributed by atoms with Crippen LogP contribution in [0.2, 0.25) is 0 Å². The second-order valence-electron chi connectivity index (χ2n) is 8.55. The Morgan fingerprint density at radius 1 is 1.18 bits per heavy atom. The molecule has 0 aromatic rings. The quantitative estimate of drug-likeness (QED) is 0.338. The highest BCUT2D eigenvalue weighted by molar-refractivity contribution is 6.21. The molecule has 0 radical (unpaired) electrons. The van der Waals surface area contributed by atoms with Crippen molar-refractivity contribution < 1.29 is 9.47 Å². The largest absolute Gasteiger partial charge is 0.373 e. The third-order valence-corrected chi connectivity index (χ3v) is 7.13. The van der Waals surface area contributed by atoms with Crippen LogP contribution in [-0.2, 0) is 9.47 Å². The fourth-order valence-corrected chi connectivity index (χ4v) is 5.65. The van der Waals surface area contributed by atoms with E-state index in [2.05, 4.69) is 39.6 Å². The van der Waals surface area contributed by atoms with Gasteiger partial charge in [-0.1, -0.05) is 11.6 Å². The van der Waals surface area contributed by atoms with Crippen LogP contribution < -0.4 is 26.6 Å². The van der Waals surface area contributed by atoms with Gasteiger partial charge < -0.3 is 20.1 Å². The molecule has 3 aliphatic heterocycles. The molecular weight excluding hydrogens is 378 g/mol. The van der Waals surface area contributed by atoms with Crippen molar-refractivity contribution in [1.82, 2.24) is 26.6 Å². The number of fused-ring (bicyclic) bond motifs is 1. The third-order valence-electron chi connectivity index (χ3n) is 6.55. The van der Waals surface area contributed by atoms with Gasteiger partial charge in [-0.15, -0.1) is 11.6 Å². The monoisotopic (exact) mass is 413 g/mol. The molecule has 4 rings (SSSR count). The van der Waals surface area contributed by atoms with Crippen molar-refractivity contribution in [2.24, 2.45) is 5.92 Å². The number of halogens is 1. The van der Waals surface area contributed by atoms with Crippen molar-refractivity contribution in [2.75, 3.05) is 33.4 Å². The molecule has 3 fully saturated rings. The minimum atomic E-state index is -0.0267. The van der Waals surface area contributed by atoms with Gasteiger partial charge in [-0.05, 0) is 46.2 Å². The zero-order valence-corrected chi connectivity index (χ0v) is 17.8. The maximum absolute atomic E-state index is 7.15. The molecule has 28 heavy (non-hydrogen) atoms. The summed E-state index contributed by atoms with van der Waals surface area (Å²) < 4.78 is 12.4. The molecule has 2 saturated heterocycles. The Labute approximate surface area is 173 Å². The van der Waals surface area contributed by atoms with Gasteiger partial charge in [0.25, 0.3) is 0 Å². The third kappa shape index (κ3) is 4.73. The van der Waals surface area contributed by atoms with Crippen LogP contribution in [0.15, 0.2) is 11.6 Å². The molecule has 0 aromatic heterocycles. The molecule has 8 atom stereocenters. The van der Waals surface area contributed by atoms with Crippen molar-refractivity contribution in [3.8, 4) is 0 Å². The van der Waals surface area contributed by atoms with Gasteiger partial charge in [-0.3, -0.25) is 16.0 Å². The van der Waals surface area contributed by atoms with Crippen LogP contribution in [0.4, 0.5) is 0 Å². The average Bonchev–Trinajstić information content (AvgIpc) is 2.97. The Morgan fingerprint density at radius 3 is 2.89 bits per heavy atom. The van der Waals surface area contributed by atoms with Crippen molar-refractivity contribution >= 4 is 11.6 Å². The van der Waals surface area contributed by atoms with E-state index in [-0.39, 0.29) is 35.8 Å². The summed E-state index contributed by atoms with van der Waals surface area (Å²) in [5, 5.41) is 17.7. The Kier molecular flexibility index (Phi) is 7.28. The summed E-state index contributed by atoms with van der Waals surface area (Å²) in [6, 6.07) is 0.585.